The highest BCUT2D eigenvalue weighted by atomic mass is 32.1. The molecule has 0 aromatic carbocycles. The van der Waals surface area contributed by atoms with Crippen LogP contribution in [0, 0.1) is 0 Å². The summed E-state index contributed by atoms with van der Waals surface area (Å²) in [6.45, 7) is 12.0. The van der Waals surface area contributed by atoms with Crippen LogP contribution in [-0.2, 0) is 13.1 Å². The smallest absolute Gasteiger partial charge is 0.107 e. The van der Waals surface area contributed by atoms with Gasteiger partial charge in [-0.2, -0.15) is 0 Å². The van der Waals surface area contributed by atoms with Crippen LogP contribution in [0.3, 0.4) is 0 Å². The molecule has 3 nitrogen and oxygen atoms in total. The molecule has 1 fully saturated rings. The number of nitrogens with zero attached hydrogens (tertiary/aromatic N) is 2. The maximum atomic E-state index is 4.79. The molecule has 0 saturated carbocycles. The van der Waals surface area contributed by atoms with Crippen LogP contribution < -0.4 is 5.32 Å². The van der Waals surface area contributed by atoms with E-state index in [1.54, 1.807) is 11.3 Å². The van der Waals surface area contributed by atoms with Crippen molar-refractivity contribution in [3.63, 3.8) is 0 Å². The highest BCUT2D eigenvalue weighted by Crippen LogP contribution is 2.22. The summed E-state index contributed by atoms with van der Waals surface area (Å²) in [4.78, 5) is 7.42. The van der Waals surface area contributed by atoms with Gasteiger partial charge in [-0.05, 0) is 46.6 Å². The minimum atomic E-state index is 0.159. The SMILES string of the molecule is CCC1CCCCN1Cc1csc(CNC(C)(C)C)n1. The predicted molar refractivity (Wildman–Crippen MR) is 87.0 cm³/mol. The van der Waals surface area contributed by atoms with Crippen molar-refractivity contribution in [3.05, 3.63) is 16.1 Å². The first kappa shape index (κ1) is 15.9. The van der Waals surface area contributed by atoms with E-state index in [1.165, 1.54) is 42.9 Å². The molecule has 20 heavy (non-hydrogen) atoms. The summed E-state index contributed by atoms with van der Waals surface area (Å²) >= 11 is 1.79. The van der Waals surface area contributed by atoms with E-state index < -0.39 is 0 Å². The number of likely N-dealkylation sites (tertiary alicyclic amines) is 1. The molecule has 1 atom stereocenters. The summed E-state index contributed by atoms with van der Waals surface area (Å²) in [7, 11) is 0. The number of hydrogen-bond acceptors (Lipinski definition) is 4. The molecule has 0 spiro atoms. The number of hydrogen-bond donors (Lipinski definition) is 1. The van der Waals surface area contributed by atoms with Crippen molar-refractivity contribution in [3.8, 4) is 0 Å². The number of piperidine rings is 1. The van der Waals surface area contributed by atoms with Crippen LogP contribution in [0.15, 0.2) is 5.38 Å². The third kappa shape index (κ3) is 4.83. The number of thiazole rings is 1. The Balaban J connectivity index is 1.88. The van der Waals surface area contributed by atoms with E-state index in [2.05, 4.69) is 43.3 Å². The largest absolute Gasteiger partial charge is 0.306 e. The maximum absolute atomic E-state index is 4.79. The topological polar surface area (TPSA) is 28.2 Å². The van der Waals surface area contributed by atoms with Gasteiger partial charge >= 0.3 is 0 Å². The molecule has 114 valence electrons. The molecule has 1 saturated heterocycles. The number of rotatable bonds is 5. The Kier molecular flexibility index (Phi) is 5.58. The van der Waals surface area contributed by atoms with E-state index in [-0.39, 0.29) is 5.54 Å². The second-order valence-corrected chi connectivity index (χ2v) is 7.81. The molecule has 2 heterocycles. The van der Waals surface area contributed by atoms with Crippen LogP contribution in [0.4, 0.5) is 0 Å². The Labute approximate surface area is 127 Å². The van der Waals surface area contributed by atoms with Gasteiger partial charge in [0.05, 0.1) is 5.69 Å². The van der Waals surface area contributed by atoms with Crippen molar-refractivity contribution in [1.29, 1.82) is 0 Å². The first-order valence-corrected chi connectivity index (χ1v) is 8.78. The van der Waals surface area contributed by atoms with Gasteiger partial charge in [0.2, 0.25) is 0 Å². The highest BCUT2D eigenvalue weighted by molar-refractivity contribution is 7.09. The first-order valence-electron chi connectivity index (χ1n) is 7.90. The van der Waals surface area contributed by atoms with Crippen molar-refractivity contribution in [2.75, 3.05) is 6.54 Å². The standard InChI is InChI=1S/C16H29N3S/c1-5-14-8-6-7-9-19(14)11-13-12-20-15(18-13)10-17-16(2,3)4/h12,14,17H,5-11H2,1-4H3. The van der Waals surface area contributed by atoms with Crippen molar-refractivity contribution >= 4 is 11.3 Å². The molecule has 1 unspecified atom stereocenters. The van der Waals surface area contributed by atoms with Gasteiger partial charge in [-0.15, -0.1) is 11.3 Å². The van der Waals surface area contributed by atoms with Crippen LogP contribution in [0.25, 0.3) is 0 Å². The fraction of sp³-hybridized carbons (Fsp3) is 0.812. The number of nitrogens with one attached hydrogen (secondary N) is 1. The monoisotopic (exact) mass is 295 g/mol. The Morgan fingerprint density at radius 2 is 2.20 bits per heavy atom. The Morgan fingerprint density at radius 3 is 2.90 bits per heavy atom. The van der Waals surface area contributed by atoms with E-state index in [9.17, 15) is 0 Å². The normalized spacial score (nSPS) is 21.3. The fourth-order valence-electron chi connectivity index (χ4n) is 2.78. The predicted octanol–water partition coefficient (Wildman–Crippen LogP) is 3.80. The molecular formula is C16H29N3S. The van der Waals surface area contributed by atoms with Crippen molar-refractivity contribution in [1.82, 2.24) is 15.2 Å². The Bertz CT molecular complexity index is 408. The molecule has 0 amide bonds. The zero-order valence-corrected chi connectivity index (χ0v) is 14.2. The summed E-state index contributed by atoms with van der Waals surface area (Å²) in [5, 5.41) is 6.95. The van der Waals surface area contributed by atoms with Crippen LogP contribution in [-0.4, -0.2) is 28.0 Å². The van der Waals surface area contributed by atoms with E-state index in [1.807, 2.05) is 0 Å². The Morgan fingerprint density at radius 1 is 1.40 bits per heavy atom. The van der Waals surface area contributed by atoms with Crippen molar-refractivity contribution in [2.45, 2.75) is 78.0 Å². The van der Waals surface area contributed by atoms with Gasteiger partial charge in [0, 0.05) is 30.1 Å². The summed E-state index contributed by atoms with van der Waals surface area (Å²) < 4.78 is 0. The van der Waals surface area contributed by atoms with E-state index >= 15 is 0 Å². The second-order valence-electron chi connectivity index (χ2n) is 6.86. The summed E-state index contributed by atoms with van der Waals surface area (Å²) in [5.74, 6) is 0. The van der Waals surface area contributed by atoms with Crippen LogP contribution in [0.1, 0.15) is 64.1 Å². The molecule has 0 radical (unpaired) electrons. The van der Waals surface area contributed by atoms with Gasteiger partial charge in [-0.3, -0.25) is 4.90 Å². The lowest BCUT2D eigenvalue weighted by Crippen LogP contribution is -2.38. The van der Waals surface area contributed by atoms with Crippen LogP contribution >= 0.6 is 11.3 Å². The lowest BCUT2D eigenvalue weighted by atomic mass is 10.00. The van der Waals surface area contributed by atoms with E-state index in [0.29, 0.717) is 0 Å². The van der Waals surface area contributed by atoms with Gasteiger partial charge in [0.15, 0.2) is 0 Å². The second kappa shape index (κ2) is 7.01. The maximum Gasteiger partial charge on any atom is 0.107 e. The van der Waals surface area contributed by atoms with E-state index in [0.717, 1.165) is 19.1 Å². The minimum Gasteiger partial charge on any atom is -0.306 e. The van der Waals surface area contributed by atoms with E-state index in [4.69, 9.17) is 4.98 Å². The average molecular weight is 295 g/mol. The third-order valence-electron chi connectivity index (χ3n) is 3.95. The third-order valence-corrected chi connectivity index (χ3v) is 4.85. The zero-order chi connectivity index (χ0) is 14.6. The minimum absolute atomic E-state index is 0.159. The quantitative estimate of drug-likeness (QED) is 0.895. The lowest BCUT2D eigenvalue weighted by Gasteiger charge is -2.34. The summed E-state index contributed by atoms with van der Waals surface area (Å²) in [5.41, 5.74) is 1.41. The molecule has 0 bridgehead atoms. The van der Waals surface area contributed by atoms with Gasteiger partial charge in [0.1, 0.15) is 5.01 Å². The molecule has 2 rings (SSSR count). The van der Waals surface area contributed by atoms with Gasteiger partial charge in [-0.25, -0.2) is 4.98 Å². The molecule has 1 aliphatic heterocycles. The van der Waals surface area contributed by atoms with Gasteiger partial charge < -0.3 is 5.32 Å². The van der Waals surface area contributed by atoms with Gasteiger partial charge in [-0.1, -0.05) is 13.3 Å². The molecular weight excluding hydrogens is 266 g/mol. The van der Waals surface area contributed by atoms with Gasteiger partial charge in [0.25, 0.3) is 0 Å². The van der Waals surface area contributed by atoms with Crippen molar-refractivity contribution < 1.29 is 0 Å². The first-order chi connectivity index (χ1) is 9.48. The summed E-state index contributed by atoms with van der Waals surface area (Å²) in [6.07, 6.45) is 5.37. The number of aromatic nitrogens is 1. The average Bonchev–Trinajstić information content (AvgIpc) is 2.84. The molecule has 1 N–H and O–H groups in total. The Hall–Kier alpha value is -0.450. The molecule has 1 aromatic rings. The highest BCUT2D eigenvalue weighted by Gasteiger charge is 2.21. The molecule has 1 aliphatic rings. The lowest BCUT2D eigenvalue weighted by molar-refractivity contribution is 0.134. The molecule has 4 heteroatoms. The molecule has 1 aromatic heterocycles. The van der Waals surface area contributed by atoms with Crippen molar-refractivity contribution in [2.24, 2.45) is 0 Å². The van der Waals surface area contributed by atoms with Crippen LogP contribution in [0.2, 0.25) is 0 Å². The molecule has 0 aliphatic carbocycles. The zero-order valence-electron chi connectivity index (χ0n) is 13.4. The van der Waals surface area contributed by atoms with Crippen LogP contribution in [0.5, 0.6) is 0 Å². The summed E-state index contributed by atoms with van der Waals surface area (Å²) in [6, 6.07) is 0.765. The fourth-order valence-corrected chi connectivity index (χ4v) is 3.51.